The molecule has 50 valence electrons. The second-order valence-electron chi connectivity index (χ2n) is 2.86. The largest absolute Gasteiger partial charge is 0.481 e. The van der Waals surface area contributed by atoms with Crippen molar-refractivity contribution in [3.05, 3.63) is 0 Å². The fraction of sp³-hybridized carbons (Fsp3) is 0.667. The lowest BCUT2D eigenvalue weighted by Crippen LogP contribution is -2.02. The second kappa shape index (κ2) is 1.35. The third-order valence-corrected chi connectivity index (χ3v) is 1.78. The van der Waals surface area contributed by atoms with Crippen molar-refractivity contribution < 1.29 is 14.7 Å². The molecule has 1 fully saturated rings. The Morgan fingerprint density at radius 3 is 2.00 bits per heavy atom. The number of carbonyl (C=O) groups is 2. The molecule has 1 N–H and O–H groups in total. The zero-order valence-corrected chi connectivity index (χ0v) is 5.34. The molecular weight excluding hydrogens is 120 g/mol. The normalized spacial score (nSPS) is 30.0. The summed E-state index contributed by atoms with van der Waals surface area (Å²) in [6.07, 6.45) is 0. The van der Waals surface area contributed by atoms with Crippen LogP contribution in [0.1, 0.15) is 13.8 Å². The van der Waals surface area contributed by atoms with Crippen LogP contribution in [0.4, 0.5) is 0 Å². The van der Waals surface area contributed by atoms with Gasteiger partial charge in [0.25, 0.3) is 0 Å². The number of aliphatic carboxylic acids is 1. The van der Waals surface area contributed by atoms with Crippen molar-refractivity contribution >= 4 is 11.8 Å². The van der Waals surface area contributed by atoms with Crippen molar-refractivity contribution in [2.75, 3.05) is 0 Å². The first-order valence-electron chi connectivity index (χ1n) is 2.75. The Bertz CT molecular complexity index is 181. The number of ketones is 1. The molecule has 1 unspecified atom stereocenters. The average Bonchev–Trinajstić information content (AvgIpc) is 2.07. The molecule has 3 nitrogen and oxygen atoms in total. The molecule has 0 bridgehead atoms. The van der Waals surface area contributed by atoms with Crippen molar-refractivity contribution in [2.24, 2.45) is 11.3 Å². The fourth-order valence-corrected chi connectivity index (χ4v) is 0.928. The predicted octanol–water partition coefficient (Wildman–Crippen LogP) is 0.296. The monoisotopic (exact) mass is 128 g/mol. The molecule has 9 heavy (non-hydrogen) atoms. The summed E-state index contributed by atoms with van der Waals surface area (Å²) in [6.45, 7) is 3.29. The quantitative estimate of drug-likeness (QED) is 0.516. The van der Waals surface area contributed by atoms with E-state index in [1.54, 1.807) is 13.8 Å². The number of hydrogen-bond donors (Lipinski definition) is 1. The minimum Gasteiger partial charge on any atom is -0.481 e. The summed E-state index contributed by atoms with van der Waals surface area (Å²) in [5, 5.41) is 8.34. The lowest BCUT2D eigenvalue weighted by molar-refractivity contribution is -0.139. The van der Waals surface area contributed by atoms with Gasteiger partial charge in [0, 0.05) is 5.41 Å². The first kappa shape index (κ1) is 6.26. The first-order chi connectivity index (χ1) is 3.98. The lowest BCUT2D eigenvalue weighted by atomic mass is 10.1. The maximum absolute atomic E-state index is 10.6. The number of carbonyl (C=O) groups excluding carboxylic acids is 1. The van der Waals surface area contributed by atoms with E-state index in [2.05, 4.69) is 0 Å². The summed E-state index contributed by atoms with van der Waals surface area (Å²) in [7, 11) is 0. The Balaban J connectivity index is 2.74. The van der Waals surface area contributed by atoms with Gasteiger partial charge in [0.05, 0.1) is 0 Å². The molecule has 1 atom stereocenters. The molecule has 1 aliphatic rings. The number of Topliss-reactive ketones (excluding diaryl/α,β-unsaturated/α-hetero) is 1. The van der Waals surface area contributed by atoms with Crippen LogP contribution in [0.25, 0.3) is 0 Å². The van der Waals surface area contributed by atoms with Gasteiger partial charge in [0.1, 0.15) is 5.92 Å². The van der Waals surface area contributed by atoms with Crippen LogP contribution in [0, 0.1) is 11.3 Å². The molecule has 1 saturated carbocycles. The minimum atomic E-state index is -0.995. The highest BCUT2D eigenvalue weighted by molar-refractivity contribution is 6.16. The van der Waals surface area contributed by atoms with Crippen LogP contribution in [0.15, 0.2) is 0 Å². The standard InChI is InChI=1S/C6H8O3/c1-6(2)3(4(6)7)5(8)9/h3H,1-2H3,(H,8,9). The Morgan fingerprint density at radius 2 is 2.00 bits per heavy atom. The predicted molar refractivity (Wildman–Crippen MR) is 29.9 cm³/mol. The van der Waals surface area contributed by atoms with E-state index in [4.69, 9.17) is 5.11 Å². The second-order valence-corrected chi connectivity index (χ2v) is 2.86. The van der Waals surface area contributed by atoms with Crippen LogP contribution in [0.5, 0.6) is 0 Å². The van der Waals surface area contributed by atoms with Crippen LogP contribution in [-0.2, 0) is 9.59 Å². The van der Waals surface area contributed by atoms with Gasteiger partial charge in [-0.3, -0.25) is 9.59 Å². The maximum atomic E-state index is 10.6. The van der Waals surface area contributed by atoms with Gasteiger partial charge in [0.2, 0.25) is 0 Å². The highest BCUT2D eigenvalue weighted by Crippen LogP contribution is 2.46. The summed E-state index contributed by atoms with van der Waals surface area (Å²) < 4.78 is 0. The van der Waals surface area contributed by atoms with E-state index < -0.39 is 17.3 Å². The van der Waals surface area contributed by atoms with Gasteiger partial charge >= 0.3 is 5.97 Å². The van der Waals surface area contributed by atoms with Crippen LogP contribution in [0.2, 0.25) is 0 Å². The van der Waals surface area contributed by atoms with E-state index in [1.807, 2.05) is 0 Å². The van der Waals surface area contributed by atoms with Crippen LogP contribution < -0.4 is 0 Å². The molecule has 0 aromatic rings. The summed E-state index contributed by atoms with van der Waals surface area (Å²) >= 11 is 0. The summed E-state index contributed by atoms with van der Waals surface area (Å²) in [5.74, 6) is -1.89. The first-order valence-corrected chi connectivity index (χ1v) is 2.75. The third-order valence-electron chi connectivity index (χ3n) is 1.78. The van der Waals surface area contributed by atoms with Crippen molar-refractivity contribution in [1.82, 2.24) is 0 Å². The average molecular weight is 128 g/mol. The summed E-state index contributed by atoms with van der Waals surface area (Å²) in [5.41, 5.74) is -0.591. The Kier molecular flexibility index (Phi) is 0.937. The summed E-state index contributed by atoms with van der Waals surface area (Å²) in [6, 6.07) is 0. The van der Waals surface area contributed by atoms with E-state index >= 15 is 0 Å². The summed E-state index contributed by atoms with van der Waals surface area (Å²) in [4.78, 5) is 20.8. The molecule has 3 heteroatoms. The van der Waals surface area contributed by atoms with Crippen molar-refractivity contribution in [3.8, 4) is 0 Å². The minimum absolute atomic E-state index is 0.157. The van der Waals surface area contributed by atoms with Gasteiger partial charge in [-0.15, -0.1) is 0 Å². The van der Waals surface area contributed by atoms with E-state index in [9.17, 15) is 9.59 Å². The number of carboxylic acid groups (broad SMARTS) is 1. The topological polar surface area (TPSA) is 54.4 Å². The van der Waals surface area contributed by atoms with Gasteiger partial charge < -0.3 is 5.11 Å². The SMILES string of the molecule is CC1(C)C(=O)C1C(=O)O. The van der Waals surface area contributed by atoms with Crippen molar-refractivity contribution in [3.63, 3.8) is 0 Å². The van der Waals surface area contributed by atoms with Crippen LogP contribution in [-0.4, -0.2) is 16.9 Å². The molecule has 0 saturated heterocycles. The molecule has 0 heterocycles. The number of rotatable bonds is 1. The molecule has 0 aromatic heterocycles. The number of carboxylic acids is 1. The van der Waals surface area contributed by atoms with E-state index in [0.717, 1.165) is 0 Å². The van der Waals surface area contributed by atoms with E-state index in [-0.39, 0.29) is 5.78 Å². The van der Waals surface area contributed by atoms with Gasteiger partial charge in [-0.05, 0) is 0 Å². The smallest absolute Gasteiger partial charge is 0.315 e. The van der Waals surface area contributed by atoms with Crippen molar-refractivity contribution in [2.45, 2.75) is 13.8 Å². The molecule has 0 aliphatic heterocycles. The highest BCUT2D eigenvalue weighted by atomic mass is 16.4. The number of hydrogen-bond acceptors (Lipinski definition) is 2. The van der Waals surface area contributed by atoms with Crippen LogP contribution in [0.3, 0.4) is 0 Å². The Labute approximate surface area is 52.7 Å². The van der Waals surface area contributed by atoms with Gasteiger partial charge in [0.15, 0.2) is 5.78 Å². The zero-order chi connectivity index (χ0) is 7.23. The van der Waals surface area contributed by atoms with Crippen molar-refractivity contribution in [1.29, 1.82) is 0 Å². The Morgan fingerprint density at radius 1 is 1.67 bits per heavy atom. The highest BCUT2D eigenvalue weighted by Gasteiger charge is 2.62. The molecule has 0 spiro atoms. The molecule has 0 amide bonds. The molecule has 0 aromatic carbocycles. The maximum Gasteiger partial charge on any atom is 0.315 e. The van der Waals surface area contributed by atoms with E-state index in [0.29, 0.717) is 0 Å². The van der Waals surface area contributed by atoms with Gasteiger partial charge in [-0.2, -0.15) is 0 Å². The zero-order valence-electron chi connectivity index (χ0n) is 5.34. The van der Waals surface area contributed by atoms with Gasteiger partial charge in [-0.1, -0.05) is 13.8 Å². The van der Waals surface area contributed by atoms with E-state index in [1.165, 1.54) is 0 Å². The Hall–Kier alpha value is -0.860. The molecular formula is C6H8O3. The molecule has 0 radical (unpaired) electrons. The lowest BCUT2D eigenvalue weighted by Gasteiger charge is -1.90. The molecule has 1 rings (SSSR count). The molecule has 1 aliphatic carbocycles. The van der Waals surface area contributed by atoms with Gasteiger partial charge in [-0.25, -0.2) is 0 Å². The van der Waals surface area contributed by atoms with Crippen LogP contribution >= 0.6 is 0 Å². The third kappa shape index (κ3) is 0.642. The fourth-order valence-electron chi connectivity index (χ4n) is 0.928.